The molecule has 4 aromatic rings. The molecule has 164 valence electrons. The van der Waals surface area contributed by atoms with Gasteiger partial charge in [0, 0.05) is 28.4 Å². The molecule has 0 aliphatic rings. The van der Waals surface area contributed by atoms with E-state index in [9.17, 15) is 8.42 Å². The maximum atomic E-state index is 13.0. The lowest BCUT2D eigenvalue weighted by atomic mass is 10.2. The zero-order chi connectivity index (χ0) is 22.7. The summed E-state index contributed by atoms with van der Waals surface area (Å²) in [5.74, 6) is 1.43. The van der Waals surface area contributed by atoms with E-state index in [0.717, 1.165) is 0 Å². The van der Waals surface area contributed by atoms with Gasteiger partial charge >= 0.3 is 0 Å². The van der Waals surface area contributed by atoms with E-state index in [1.54, 1.807) is 56.7 Å². The Kier molecular flexibility index (Phi) is 6.15. The highest BCUT2D eigenvalue weighted by Gasteiger charge is 2.19. The fourth-order valence-electron chi connectivity index (χ4n) is 3.00. The third kappa shape index (κ3) is 4.76. The molecule has 0 spiro atoms. The van der Waals surface area contributed by atoms with E-state index in [1.165, 1.54) is 12.1 Å². The number of hydrogen-bond donors (Lipinski definition) is 2. The number of ether oxygens (including phenoxy) is 2. The van der Waals surface area contributed by atoms with Crippen molar-refractivity contribution in [3.8, 4) is 11.5 Å². The van der Waals surface area contributed by atoms with Crippen LogP contribution in [0.2, 0.25) is 0 Å². The van der Waals surface area contributed by atoms with Gasteiger partial charge in [-0.05, 0) is 30.3 Å². The first-order valence-electron chi connectivity index (χ1n) is 9.43. The van der Waals surface area contributed by atoms with E-state index >= 15 is 0 Å². The number of nitrogens with one attached hydrogen (secondary N) is 2. The highest BCUT2D eigenvalue weighted by molar-refractivity contribution is 9.10. The van der Waals surface area contributed by atoms with Crippen LogP contribution in [0, 0.1) is 0 Å². The highest BCUT2D eigenvalue weighted by atomic mass is 79.9. The van der Waals surface area contributed by atoms with E-state index in [2.05, 4.69) is 35.9 Å². The van der Waals surface area contributed by atoms with Gasteiger partial charge in [0.15, 0.2) is 11.6 Å². The molecule has 3 aromatic carbocycles. The minimum Gasteiger partial charge on any atom is -0.497 e. The second kappa shape index (κ2) is 9.01. The molecule has 0 unspecified atom stereocenters. The van der Waals surface area contributed by atoms with Gasteiger partial charge in [0.1, 0.15) is 11.5 Å². The molecule has 1 aromatic heterocycles. The van der Waals surface area contributed by atoms with Crippen molar-refractivity contribution in [1.29, 1.82) is 0 Å². The predicted molar refractivity (Wildman–Crippen MR) is 127 cm³/mol. The maximum Gasteiger partial charge on any atom is 0.263 e. The van der Waals surface area contributed by atoms with Crippen LogP contribution in [0.3, 0.4) is 0 Å². The Morgan fingerprint density at radius 3 is 2.03 bits per heavy atom. The molecule has 0 radical (unpaired) electrons. The van der Waals surface area contributed by atoms with Gasteiger partial charge in [-0.1, -0.05) is 34.1 Å². The molecule has 8 nitrogen and oxygen atoms in total. The Balaban J connectivity index is 1.79. The number of benzene rings is 3. The van der Waals surface area contributed by atoms with Crippen LogP contribution in [-0.2, 0) is 10.0 Å². The van der Waals surface area contributed by atoms with Crippen LogP contribution in [-0.4, -0.2) is 32.6 Å². The molecule has 0 atom stereocenters. The first-order valence-corrected chi connectivity index (χ1v) is 11.7. The first kappa shape index (κ1) is 21.8. The second-order valence-corrected chi connectivity index (χ2v) is 9.30. The molecule has 2 N–H and O–H groups in total. The first-order chi connectivity index (χ1) is 15.4. The van der Waals surface area contributed by atoms with E-state index in [0.29, 0.717) is 32.7 Å². The summed E-state index contributed by atoms with van der Waals surface area (Å²) in [4.78, 5) is 9.18. The molecule has 0 aliphatic carbocycles. The molecule has 0 amide bonds. The van der Waals surface area contributed by atoms with Crippen molar-refractivity contribution in [3.63, 3.8) is 0 Å². The van der Waals surface area contributed by atoms with Crippen LogP contribution in [0.1, 0.15) is 0 Å². The summed E-state index contributed by atoms with van der Waals surface area (Å²) in [6, 6.07) is 18.8. The smallest absolute Gasteiger partial charge is 0.263 e. The van der Waals surface area contributed by atoms with E-state index in [-0.39, 0.29) is 16.5 Å². The molecular weight excluding hydrogens is 496 g/mol. The molecule has 10 heteroatoms. The van der Waals surface area contributed by atoms with Crippen molar-refractivity contribution < 1.29 is 17.9 Å². The Morgan fingerprint density at radius 2 is 1.44 bits per heavy atom. The van der Waals surface area contributed by atoms with E-state index in [4.69, 9.17) is 9.47 Å². The molecule has 0 bridgehead atoms. The second-order valence-electron chi connectivity index (χ2n) is 6.70. The van der Waals surface area contributed by atoms with Gasteiger partial charge in [0.2, 0.25) is 0 Å². The lowest BCUT2D eigenvalue weighted by Gasteiger charge is -2.15. The topological polar surface area (TPSA) is 102 Å². The number of hydrogen-bond acceptors (Lipinski definition) is 7. The monoisotopic (exact) mass is 514 g/mol. The van der Waals surface area contributed by atoms with Crippen molar-refractivity contribution in [2.45, 2.75) is 4.90 Å². The molecule has 1 heterocycles. The summed E-state index contributed by atoms with van der Waals surface area (Å²) in [7, 11) is -0.822. The molecule has 0 aliphatic heterocycles. The number of fused-ring (bicyclic) bond motifs is 1. The number of nitrogens with zero attached hydrogens (tertiary/aromatic N) is 2. The van der Waals surface area contributed by atoms with Crippen molar-refractivity contribution in [2.24, 2.45) is 0 Å². The number of sulfonamides is 1. The Morgan fingerprint density at radius 1 is 0.812 bits per heavy atom. The normalized spacial score (nSPS) is 11.2. The fourth-order valence-corrected chi connectivity index (χ4v) is 4.60. The third-order valence-electron chi connectivity index (χ3n) is 4.52. The number of aromatic nitrogens is 2. The molecule has 0 fully saturated rings. The van der Waals surface area contributed by atoms with Crippen LogP contribution >= 0.6 is 15.9 Å². The average molecular weight is 515 g/mol. The molecular formula is C22H19BrN4O4S. The van der Waals surface area contributed by atoms with Crippen LogP contribution in [0.5, 0.6) is 11.5 Å². The minimum absolute atomic E-state index is 0.0606. The van der Waals surface area contributed by atoms with Crippen LogP contribution in [0.25, 0.3) is 11.0 Å². The van der Waals surface area contributed by atoms with Gasteiger partial charge in [-0.15, -0.1) is 0 Å². The predicted octanol–water partition coefficient (Wildman–Crippen LogP) is 4.95. The number of halogens is 1. The van der Waals surface area contributed by atoms with E-state index in [1.807, 2.05) is 12.1 Å². The van der Waals surface area contributed by atoms with Crippen molar-refractivity contribution in [3.05, 3.63) is 71.2 Å². The van der Waals surface area contributed by atoms with Gasteiger partial charge in [0.25, 0.3) is 10.0 Å². The Labute approximate surface area is 193 Å². The average Bonchev–Trinajstić information content (AvgIpc) is 2.79. The summed E-state index contributed by atoms with van der Waals surface area (Å²) < 4.78 is 39.9. The number of methoxy groups -OCH3 is 2. The van der Waals surface area contributed by atoms with Gasteiger partial charge in [-0.25, -0.2) is 18.4 Å². The van der Waals surface area contributed by atoms with Crippen LogP contribution in [0.4, 0.5) is 17.3 Å². The summed E-state index contributed by atoms with van der Waals surface area (Å²) in [6.07, 6.45) is 0. The number of rotatable bonds is 7. The van der Waals surface area contributed by atoms with Crippen LogP contribution < -0.4 is 19.5 Å². The fraction of sp³-hybridized carbons (Fsp3) is 0.0909. The molecule has 0 saturated heterocycles. The molecule has 0 saturated carbocycles. The van der Waals surface area contributed by atoms with E-state index < -0.39 is 10.0 Å². The highest BCUT2D eigenvalue weighted by Crippen LogP contribution is 2.31. The zero-order valence-electron chi connectivity index (χ0n) is 17.2. The Hall–Kier alpha value is -3.37. The number of para-hydroxylation sites is 2. The minimum atomic E-state index is -3.92. The summed E-state index contributed by atoms with van der Waals surface area (Å²) in [6.45, 7) is 0. The van der Waals surface area contributed by atoms with Crippen LogP contribution in [0.15, 0.2) is 76.1 Å². The standard InChI is InChI=1S/C22H19BrN4O4S/c1-30-16-11-15(12-17(13-16)31-2)24-21-22(26-20-9-4-3-8-19(20)25-21)27-32(28,29)18-7-5-6-14(23)10-18/h3-13H,1-2H3,(H,24,25)(H,26,27). The summed E-state index contributed by atoms with van der Waals surface area (Å²) >= 11 is 3.30. The lowest BCUT2D eigenvalue weighted by molar-refractivity contribution is 0.395. The van der Waals surface area contributed by atoms with Crippen molar-refractivity contribution >= 4 is 54.3 Å². The van der Waals surface area contributed by atoms with Gasteiger partial charge in [0.05, 0.1) is 30.1 Å². The SMILES string of the molecule is COc1cc(Nc2nc3ccccc3nc2NS(=O)(=O)c2cccc(Br)c2)cc(OC)c1. The van der Waals surface area contributed by atoms with Crippen molar-refractivity contribution in [1.82, 2.24) is 9.97 Å². The lowest BCUT2D eigenvalue weighted by Crippen LogP contribution is -2.16. The van der Waals surface area contributed by atoms with Gasteiger partial charge < -0.3 is 14.8 Å². The third-order valence-corrected chi connectivity index (χ3v) is 6.35. The van der Waals surface area contributed by atoms with Gasteiger partial charge in [-0.2, -0.15) is 0 Å². The quantitative estimate of drug-likeness (QED) is 0.359. The van der Waals surface area contributed by atoms with Crippen molar-refractivity contribution in [2.75, 3.05) is 24.3 Å². The zero-order valence-corrected chi connectivity index (χ0v) is 19.6. The Bertz CT molecular complexity index is 1370. The molecule has 32 heavy (non-hydrogen) atoms. The summed E-state index contributed by atoms with van der Waals surface area (Å²) in [5, 5.41) is 3.13. The largest absolute Gasteiger partial charge is 0.497 e. The number of anilines is 3. The summed E-state index contributed by atoms with van der Waals surface area (Å²) in [5.41, 5.74) is 1.75. The molecule has 4 rings (SSSR count). The van der Waals surface area contributed by atoms with Gasteiger partial charge in [-0.3, -0.25) is 4.72 Å². The maximum absolute atomic E-state index is 13.0.